The molecule has 1 heterocycles. The van der Waals surface area contributed by atoms with Crippen LogP contribution in [-0.2, 0) is 0 Å². The number of nitrogen functional groups attached to an aromatic ring is 1. The van der Waals surface area contributed by atoms with Crippen LogP contribution in [0.15, 0.2) is 12.4 Å². The lowest BCUT2D eigenvalue weighted by Gasteiger charge is -2.23. The van der Waals surface area contributed by atoms with Gasteiger partial charge in [-0.25, -0.2) is 15.8 Å². The number of nitrogens with zero attached hydrogens (tertiary/aromatic N) is 3. The summed E-state index contributed by atoms with van der Waals surface area (Å²) in [5, 5.41) is 0. The zero-order chi connectivity index (χ0) is 12.5. The molecule has 0 radical (unpaired) electrons. The predicted molar refractivity (Wildman–Crippen MR) is 71.9 cm³/mol. The van der Waals surface area contributed by atoms with Crippen LogP contribution in [0.4, 0.5) is 11.6 Å². The van der Waals surface area contributed by atoms with Gasteiger partial charge in [-0.3, -0.25) is 0 Å². The molecule has 0 unspecified atom stereocenters. The Balaban J connectivity index is 2.71. The van der Waals surface area contributed by atoms with Crippen molar-refractivity contribution in [1.29, 1.82) is 0 Å². The molecule has 1 rings (SSSR count). The molecular formula is C12H23N5. The summed E-state index contributed by atoms with van der Waals surface area (Å²) in [4.78, 5) is 10.6. The fourth-order valence-electron chi connectivity index (χ4n) is 1.64. The summed E-state index contributed by atoms with van der Waals surface area (Å²) in [6.45, 7) is 6.48. The van der Waals surface area contributed by atoms with Crippen LogP contribution < -0.4 is 16.2 Å². The maximum absolute atomic E-state index is 5.36. The quantitative estimate of drug-likeness (QED) is 0.536. The van der Waals surface area contributed by atoms with Crippen LogP contribution >= 0.6 is 0 Å². The minimum Gasteiger partial charge on any atom is -0.356 e. The molecule has 0 amide bonds. The zero-order valence-corrected chi connectivity index (χ0v) is 10.8. The maximum atomic E-state index is 5.36. The SMILES string of the molecule is CCCCN(CCCC)c1cc(NN)ncn1. The molecule has 0 fully saturated rings. The number of hydrogen-bond donors (Lipinski definition) is 2. The number of rotatable bonds is 8. The molecule has 0 atom stereocenters. The first-order valence-electron chi connectivity index (χ1n) is 6.35. The van der Waals surface area contributed by atoms with Crippen LogP contribution in [0.3, 0.4) is 0 Å². The molecule has 1 aromatic heterocycles. The van der Waals surface area contributed by atoms with E-state index in [1.807, 2.05) is 6.07 Å². The average molecular weight is 237 g/mol. The predicted octanol–water partition coefficient (Wildman–Crippen LogP) is 2.17. The standard InChI is InChI=1S/C12H23N5/c1-3-5-7-17(8-6-4-2)12-9-11(16-13)14-10-15-12/h9-10H,3-8,13H2,1-2H3,(H,14,15,16). The van der Waals surface area contributed by atoms with Gasteiger partial charge >= 0.3 is 0 Å². The zero-order valence-electron chi connectivity index (χ0n) is 10.8. The maximum Gasteiger partial charge on any atom is 0.145 e. The number of anilines is 2. The molecule has 0 saturated heterocycles. The Kier molecular flexibility index (Phi) is 6.32. The van der Waals surface area contributed by atoms with E-state index in [9.17, 15) is 0 Å². The molecule has 0 aromatic carbocycles. The van der Waals surface area contributed by atoms with E-state index in [2.05, 4.69) is 34.1 Å². The number of hydrazine groups is 1. The lowest BCUT2D eigenvalue weighted by Crippen LogP contribution is -2.26. The Morgan fingerprint density at radius 3 is 2.35 bits per heavy atom. The smallest absolute Gasteiger partial charge is 0.145 e. The van der Waals surface area contributed by atoms with Crippen molar-refractivity contribution in [2.75, 3.05) is 23.4 Å². The molecule has 96 valence electrons. The van der Waals surface area contributed by atoms with Crippen LogP contribution in [0.2, 0.25) is 0 Å². The highest BCUT2D eigenvalue weighted by Gasteiger charge is 2.07. The van der Waals surface area contributed by atoms with E-state index in [0.29, 0.717) is 5.82 Å². The van der Waals surface area contributed by atoms with Gasteiger partial charge in [0.15, 0.2) is 0 Å². The first-order valence-corrected chi connectivity index (χ1v) is 6.35. The molecule has 17 heavy (non-hydrogen) atoms. The van der Waals surface area contributed by atoms with Gasteiger partial charge in [-0.15, -0.1) is 0 Å². The van der Waals surface area contributed by atoms with Gasteiger partial charge < -0.3 is 10.3 Å². The van der Waals surface area contributed by atoms with Crippen LogP contribution in [0.5, 0.6) is 0 Å². The summed E-state index contributed by atoms with van der Waals surface area (Å²) >= 11 is 0. The molecule has 3 N–H and O–H groups in total. The van der Waals surface area contributed by atoms with Gasteiger partial charge in [-0.2, -0.15) is 0 Å². The Morgan fingerprint density at radius 1 is 1.18 bits per heavy atom. The second-order valence-electron chi connectivity index (χ2n) is 4.10. The van der Waals surface area contributed by atoms with Gasteiger partial charge in [-0.05, 0) is 12.8 Å². The van der Waals surface area contributed by atoms with E-state index in [4.69, 9.17) is 5.84 Å². The molecule has 0 saturated carbocycles. The monoisotopic (exact) mass is 237 g/mol. The topological polar surface area (TPSA) is 67.1 Å². The third-order valence-electron chi connectivity index (χ3n) is 2.69. The van der Waals surface area contributed by atoms with Gasteiger partial charge in [0.05, 0.1) is 0 Å². The summed E-state index contributed by atoms with van der Waals surface area (Å²) in [6.07, 6.45) is 6.29. The fourth-order valence-corrected chi connectivity index (χ4v) is 1.64. The molecule has 0 aliphatic rings. The molecule has 0 bridgehead atoms. The van der Waals surface area contributed by atoms with Gasteiger partial charge in [0.2, 0.25) is 0 Å². The first kappa shape index (κ1) is 13.7. The van der Waals surface area contributed by atoms with Crippen molar-refractivity contribution >= 4 is 11.6 Å². The average Bonchev–Trinajstić information content (AvgIpc) is 2.39. The Morgan fingerprint density at radius 2 is 1.82 bits per heavy atom. The van der Waals surface area contributed by atoms with Crippen molar-refractivity contribution < 1.29 is 0 Å². The summed E-state index contributed by atoms with van der Waals surface area (Å²) in [7, 11) is 0. The van der Waals surface area contributed by atoms with Gasteiger partial charge in [0.1, 0.15) is 18.0 Å². The normalized spacial score (nSPS) is 10.3. The molecule has 0 aliphatic heterocycles. The highest BCUT2D eigenvalue weighted by molar-refractivity contribution is 5.47. The van der Waals surface area contributed by atoms with Crippen molar-refractivity contribution in [2.45, 2.75) is 39.5 Å². The second kappa shape index (κ2) is 7.84. The Bertz CT molecular complexity index is 308. The van der Waals surface area contributed by atoms with Crippen molar-refractivity contribution in [3.05, 3.63) is 12.4 Å². The Hall–Kier alpha value is -1.36. The number of hydrogen-bond acceptors (Lipinski definition) is 5. The molecule has 0 spiro atoms. The summed E-state index contributed by atoms with van der Waals surface area (Å²) in [5.41, 5.74) is 2.56. The molecule has 1 aromatic rings. The molecule has 5 heteroatoms. The van der Waals surface area contributed by atoms with E-state index in [-0.39, 0.29) is 0 Å². The Labute approximate surface area is 103 Å². The molecule has 0 aliphatic carbocycles. The van der Waals surface area contributed by atoms with E-state index >= 15 is 0 Å². The minimum absolute atomic E-state index is 0.660. The minimum atomic E-state index is 0.660. The van der Waals surface area contributed by atoms with E-state index in [1.54, 1.807) is 6.33 Å². The number of nitrogens with two attached hydrogens (primary N) is 1. The number of nitrogens with one attached hydrogen (secondary N) is 1. The van der Waals surface area contributed by atoms with E-state index in [1.165, 1.54) is 25.7 Å². The van der Waals surface area contributed by atoms with Crippen LogP contribution in [-0.4, -0.2) is 23.1 Å². The number of aromatic nitrogens is 2. The third-order valence-corrected chi connectivity index (χ3v) is 2.69. The first-order chi connectivity index (χ1) is 8.31. The summed E-state index contributed by atoms with van der Waals surface area (Å²) < 4.78 is 0. The molecule has 5 nitrogen and oxygen atoms in total. The summed E-state index contributed by atoms with van der Waals surface area (Å²) in [6, 6.07) is 1.89. The largest absolute Gasteiger partial charge is 0.356 e. The van der Waals surface area contributed by atoms with Crippen LogP contribution in [0.25, 0.3) is 0 Å². The molecular weight excluding hydrogens is 214 g/mol. The van der Waals surface area contributed by atoms with E-state index in [0.717, 1.165) is 18.9 Å². The van der Waals surface area contributed by atoms with Crippen molar-refractivity contribution in [3.63, 3.8) is 0 Å². The van der Waals surface area contributed by atoms with Gasteiger partial charge in [-0.1, -0.05) is 26.7 Å². The fraction of sp³-hybridized carbons (Fsp3) is 0.667. The lowest BCUT2D eigenvalue weighted by molar-refractivity contribution is 0.670. The van der Waals surface area contributed by atoms with Crippen LogP contribution in [0.1, 0.15) is 39.5 Å². The summed E-state index contributed by atoms with van der Waals surface area (Å²) in [5.74, 6) is 6.97. The third kappa shape index (κ3) is 4.56. The van der Waals surface area contributed by atoms with Crippen LogP contribution in [0, 0.1) is 0 Å². The van der Waals surface area contributed by atoms with Gasteiger partial charge in [0.25, 0.3) is 0 Å². The van der Waals surface area contributed by atoms with Crippen molar-refractivity contribution in [2.24, 2.45) is 5.84 Å². The second-order valence-corrected chi connectivity index (χ2v) is 4.10. The number of unbranched alkanes of at least 4 members (excludes halogenated alkanes) is 2. The van der Waals surface area contributed by atoms with Crippen molar-refractivity contribution in [1.82, 2.24) is 9.97 Å². The lowest BCUT2D eigenvalue weighted by atomic mass is 10.2. The highest BCUT2D eigenvalue weighted by atomic mass is 15.3. The highest BCUT2D eigenvalue weighted by Crippen LogP contribution is 2.15. The van der Waals surface area contributed by atoms with Gasteiger partial charge in [0, 0.05) is 19.2 Å². The van der Waals surface area contributed by atoms with E-state index < -0.39 is 0 Å². The van der Waals surface area contributed by atoms with Crippen molar-refractivity contribution in [3.8, 4) is 0 Å².